The van der Waals surface area contributed by atoms with E-state index in [9.17, 15) is 0 Å². The first-order valence-corrected chi connectivity index (χ1v) is 4.97. The molecule has 2 aromatic rings. The Hall–Kier alpha value is -1.29. The number of fused-ring (bicyclic) bond motifs is 1. The van der Waals surface area contributed by atoms with Crippen molar-refractivity contribution in [3.8, 4) is 0 Å². The van der Waals surface area contributed by atoms with Crippen LogP contribution < -0.4 is 5.46 Å². The highest BCUT2D eigenvalue weighted by molar-refractivity contribution is 6.45. The van der Waals surface area contributed by atoms with Gasteiger partial charge in [0.2, 0.25) is 0 Å². The zero-order chi connectivity index (χ0) is 11.1. The van der Waals surface area contributed by atoms with E-state index in [1.165, 1.54) is 0 Å². The molecular weight excluding hydrogens is 187 g/mol. The summed E-state index contributed by atoms with van der Waals surface area (Å²) in [5, 5.41) is 8.97. The molecule has 1 heterocycles. The molecule has 0 aliphatic rings. The zero-order valence-electron chi connectivity index (χ0n) is 9.23. The van der Waals surface area contributed by atoms with E-state index in [0.29, 0.717) is 0 Å². The molecule has 0 bridgehead atoms. The van der Waals surface area contributed by atoms with Gasteiger partial charge in [0.15, 0.2) is 0 Å². The molecule has 3 nitrogen and oxygen atoms in total. The van der Waals surface area contributed by atoms with E-state index in [4.69, 9.17) is 5.02 Å². The van der Waals surface area contributed by atoms with Gasteiger partial charge in [-0.05, 0) is 32.9 Å². The van der Waals surface area contributed by atoms with Gasteiger partial charge < -0.3 is 9.59 Å². The molecule has 0 atom stereocenters. The van der Waals surface area contributed by atoms with E-state index in [1.54, 1.807) is 0 Å². The third kappa shape index (κ3) is 1.77. The number of imidazole rings is 1. The van der Waals surface area contributed by atoms with Gasteiger partial charge in [0.1, 0.15) is 0 Å². The smallest absolute Gasteiger partial charge is 0.326 e. The van der Waals surface area contributed by atoms with Crippen LogP contribution in [0, 0.1) is 0 Å². The third-order valence-electron chi connectivity index (χ3n) is 2.44. The molecule has 0 spiro atoms. The van der Waals surface area contributed by atoms with E-state index in [0.717, 1.165) is 24.0 Å². The minimum atomic E-state index is 0.00281. The van der Waals surface area contributed by atoms with Crippen LogP contribution in [0.15, 0.2) is 24.5 Å². The van der Waals surface area contributed by atoms with Gasteiger partial charge in [0, 0.05) is 5.54 Å². The first-order valence-electron chi connectivity index (χ1n) is 4.97. The van der Waals surface area contributed by atoms with Crippen LogP contribution in [0.5, 0.6) is 0 Å². The molecule has 4 heteroatoms. The van der Waals surface area contributed by atoms with Crippen molar-refractivity contribution in [3.05, 3.63) is 24.5 Å². The lowest BCUT2D eigenvalue weighted by Gasteiger charge is -2.21. The summed E-state index contributed by atoms with van der Waals surface area (Å²) in [7, 11) is 1.11. The molecule has 0 amide bonds. The molecular formula is C11H14BN2O. The molecule has 1 aromatic heterocycles. The molecule has 1 N–H and O–H groups in total. The van der Waals surface area contributed by atoms with Gasteiger partial charge in [-0.15, -0.1) is 0 Å². The normalized spacial score (nSPS) is 12.0. The van der Waals surface area contributed by atoms with Crippen molar-refractivity contribution < 1.29 is 5.02 Å². The molecule has 0 fully saturated rings. The van der Waals surface area contributed by atoms with E-state index >= 15 is 0 Å². The molecule has 0 aliphatic heterocycles. The second kappa shape index (κ2) is 3.38. The first-order chi connectivity index (χ1) is 7.02. The summed E-state index contributed by atoms with van der Waals surface area (Å²) in [4.78, 5) is 4.33. The van der Waals surface area contributed by atoms with Crippen LogP contribution in [0.1, 0.15) is 20.8 Å². The fraction of sp³-hybridized carbons (Fsp3) is 0.364. The second-order valence-corrected chi connectivity index (χ2v) is 4.66. The average molecular weight is 201 g/mol. The Bertz CT molecular complexity index is 485. The Morgan fingerprint density at radius 2 is 2.07 bits per heavy atom. The fourth-order valence-corrected chi connectivity index (χ4v) is 1.64. The van der Waals surface area contributed by atoms with Crippen molar-refractivity contribution in [2.45, 2.75) is 26.3 Å². The number of nitrogens with zero attached hydrogens (tertiary/aromatic N) is 2. The molecule has 77 valence electrons. The molecule has 1 radical (unpaired) electrons. The van der Waals surface area contributed by atoms with Gasteiger partial charge in [0.05, 0.1) is 17.4 Å². The van der Waals surface area contributed by atoms with Crippen LogP contribution in [0.2, 0.25) is 0 Å². The summed E-state index contributed by atoms with van der Waals surface area (Å²) in [6.07, 6.45) is 1.84. The van der Waals surface area contributed by atoms with Crippen molar-refractivity contribution in [1.29, 1.82) is 0 Å². The fourth-order valence-electron chi connectivity index (χ4n) is 1.64. The molecule has 2 rings (SSSR count). The molecule has 1 aromatic carbocycles. The van der Waals surface area contributed by atoms with Crippen LogP contribution >= 0.6 is 0 Å². The Labute approximate surface area is 90.0 Å². The minimum Gasteiger partial charge on any atom is -0.450 e. The number of benzene rings is 1. The number of aromatic nitrogens is 2. The predicted octanol–water partition coefficient (Wildman–Crippen LogP) is 1.03. The predicted molar refractivity (Wildman–Crippen MR) is 62.3 cm³/mol. The summed E-state index contributed by atoms with van der Waals surface area (Å²) in [5.41, 5.74) is 2.80. The van der Waals surface area contributed by atoms with Gasteiger partial charge in [-0.3, -0.25) is 0 Å². The average Bonchev–Trinajstić information content (AvgIpc) is 2.59. The van der Waals surface area contributed by atoms with Crippen LogP contribution in [0.25, 0.3) is 11.0 Å². The van der Waals surface area contributed by atoms with Crippen LogP contribution in [-0.2, 0) is 5.54 Å². The lowest BCUT2D eigenvalue weighted by Crippen LogP contribution is -2.21. The SMILES string of the molecule is CC(C)(C)n1cnc2ccc([B]O)cc21. The van der Waals surface area contributed by atoms with Gasteiger partial charge in [0.25, 0.3) is 0 Å². The maximum absolute atomic E-state index is 8.97. The van der Waals surface area contributed by atoms with E-state index in [-0.39, 0.29) is 5.54 Å². The van der Waals surface area contributed by atoms with Gasteiger partial charge in [-0.1, -0.05) is 11.5 Å². The number of hydrogen-bond donors (Lipinski definition) is 1. The van der Waals surface area contributed by atoms with Crippen LogP contribution in [-0.4, -0.2) is 22.1 Å². The highest BCUT2D eigenvalue weighted by atomic mass is 16.2. The maximum Gasteiger partial charge on any atom is 0.326 e. The van der Waals surface area contributed by atoms with Crippen molar-refractivity contribution in [2.24, 2.45) is 0 Å². The number of rotatable bonds is 1. The van der Waals surface area contributed by atoms with Crippen molar-refractivity contribution in [3.63, 3.8) is 0 Å². The highest BCUT2D eigenvalue weighted by Gasteiger charge is 2.15. The van der Waals surface area contributed by atoms with Crippen LogP contribution in [0.3, 0.4) is 0 Å². The van der Waals surface area contributed by atoms with E-state index in [2.05, 4.69) is 30.3 Å². The molecule has 0 saturated heterocycles. The third-order valence-corrected chi connectivity index (χ3v) is 2.44. The first kappa shape index (κ1) is 10.2. The molecule has 0 saturated carbocycles. The quantitative estimate of drug-likeness (QED) is 0.699. The molecule has 15 heavy (non-hydrogen) atoms. The van der Waals surface area contributed by atoms with Crippen molar-refractivity contribution >= 4 is 24.0 Å². The standard InChI is InChI=1S/C11H14BN2O/c1-11(2,3)14-7-13-9-5-4-8(12-15)6-10(9)14/h4-7,15H,1-3H3. The lowest BCUT2D eigenvalue weighted by atomic mass is 9.88. The summed E-state index contributed by atoms with van der Waals surface area (Å²) < 4.78 is 2.11. The topological polar surface area (TPSA) is 38.0 Å². The van der Waals surface area contributed by atoms with Gasteiger partial charge >= 0.3 is 7.48 Å². The Morgan fingerprint density at radius 1 is 1.33 bits per heavy atom. The Kier molecular flexibility index (Phi) is 2.31. The van der Waals surface area contributed by atoms with Crippen molar-refractivity contribution in [2.75, 3.05) is 0 Å². The molecule has 0 aliphatic carbocycles. The van der Waals surface area contributed by atoms with Gasteiger partial charge in [-0.2, -0.15) is 0 Å². The lowest BCUT2D eigenvalue weighted by molar-refractivity contribution is 0.408. The summed E-state index contributed by atoms with van der Waals surface area (Å²) in [6.45, 7) is 6.39. The second-order valence-electron chi connectivity index (χ2n) is 4.66. The monoisotopic (exact) mass is 201 g/mol. The summed E-state index contributed by atoms with van der Waals surface area (Å²) in [6, 6.07) is 5.70. The summed E-state index contributed by atoms with van der Waals surface area (Å²) >= 11 is 0. The Morgan fingerprint density at radius 3 is 2.67 bits per heavy atom. The zero-order valence-corrected chi connectivity index (χ0v) is 9.23. The van der Waals surface area contributed by atoms with E-state index in [1.807, 2.05) is 24.5 Å². The van der Waals surface area contributed by atoms with Gasteiger partial charge in [-0.25, -0.2) is 4.98 Å². The number of hydrogen-bond acceptors (Lipinski definition) is 2. The minimum absolute atomic E-state index is 0.00281. The Balaban J connectivity index is 2.67. The maximum atomic E-state index is 8.97. The molecule has 0 unspecified atom stereocenters. The largest absolute Gasteiger partial charge is 0.450 e. The highest BCUT2D eigenvalue weighted by Crippen LogP contribution is 2.20. The summed E-state index contributed by atoms with van der Waals surface area (Å²) in [5.74, 6) is 0. The van der Waals surface area contributed by atoms with E-state index < -0.39 is 0 Å². The van der Waals surface area contributed by atoms with Crippen molar-refractivity contribution in [1.82, 2.24) is 9.55 Å². The van der Waals surface area contributed by atoms with Crippen LogP contribution in [0.4, 0.5) is 0 Å².